The average molecular weight is 417 g/mol. The predicted molar refractivity (Wildman–Crippen MR) is 122 cm³/mol. The smallest absolute Gasteiger partial charge is 1.00 e. The van der Waals surface area contributed by atoms with Crippen LogP contribution in [-0.2, 0) is 10.1 Å². The average Bonchev–Trinajstić information content (AvgIpc) is 2.59. The predicted octanol–water partition coefficient (Wildman–Crippen LogP) is 7.54. The summed E-state index contributed by atoms with van der Waals surface area (Å²) < 4.78 is 29.8. The van der Waals surface area contributed by atoms with Crippen LogP contribution in [-0.4, -0.2) is 41.8 Å². The van der Waals surface area contributed by atoms with E-state index < -0.39 is 10.1 Å². The molecule has 0 atom stereocenters. The first kappa shape index (κ1) is 29.9. The van der Waals surface area contributed by atoms with E-state index in [9.17, 15) is 8.42 Å². The fourth-order valence-electron chi connectivity index (χ4n) is 3.54. The van der Waals surface area contributed by atoms with Gasteiger partial charge in [0.15, 0.2) is 0 Å². The van der Waals surface area contributed by atoms with Crippen molar-refractivity contribution in [3.8, 4) is 0 Å². The van der Waals surface area contributed by atoms with E-state index in [1.165, 1.54) is 109 Å². The van der Waals surface area contributed by atoms with Gasteiger partial charge in [-0.15, -0.1) is 0 Å². The van der Waals surface area contributed by atoms with Gasteiger partial charge in [0.2, 0.25) is 0 Å². The molecule has 0 amide bonds. The quantitative estimate of drug-likeness (QED) is 0.119. The van der Waals surface area contributed by atoms with Gasteiger partial charge < -0.3 is 2.85 Å². The summed E-state index contributed by atoms with van der Waals surface area (Å²) in [6.07, 6.45) is 26.2. The van der Waals surface area contributed by atoms with Crippen molar-refractivity contribution in [1.29, 1.82) is 0 Å². The van der Waals surface area contributed by atoms with Crippen molar-refractivity contribution in [2.45, 2.75) is 135 Å². The Morgan fingerprint density at radius 1 is 0.519 bits per heavy atom. The molecule has 0 aromatic rings. The summed E-state index contributed by atoms with van der Waals surface area (Å²) in [5.74, 6) is -0.0774. The maximum atomic E-state index is 10.6. The minimum atomic E-state index is -3.75. The number of unbranched alkanes of at least 4 members (excludes halogenated alkanes) is 19. The van der Waals surface area contributed by atoms with E-state index in [1.54, 1.807) is 0 Å². The molecule has 0 aromatic carbocycles. The summed E-state index contributed by atoms with van der Waals surface area (Å²) in [5, 5.41) is 0. The van der Waals surface area contributed by atoms with Gasteiger partial charge in [0, 0.05) is 0 Å². The van der Waals surface area contributed by atoms with Crippen LogP contribution in [0.15, 0.2) is 0 Å². The molecule has 0 aliphatic carbocycles. The molecule has 0 radical (unpaired) electrons. The Hall–Kier alpha value is 0.676. The Balaban J connectivity index is -0.00000104. The molecule has 0 rings (SSSR count). The molecule has 0 aliphatic rings. The normalized spacial score (nSPS) is 11.5. The van der Waals surface area contributed by atoms with Crippen LogP contribution in [0.4, 0.5) is 0 Å². The van der Waals surface area contributed by atoms with Crippen molar-refractivity contribution >= 4 is 33.2 Å². The molecule has 0 aromatic heterocycles. The van der Waals surface area contributed by atoms with Crippen molar-refractivity contribution in [2.75, 3.05) is 5.75 Å². The van der Waals surface area contributed by atoms with Crippen LogP contribution in [0.5, 0.6) is 0 Å². The van der Waals surface area contributed by atoms with Crippen LogP contribution >= 0.6 is 0 Å². The molecule has 162 valence electrons. The third kappa shape index (κ3) is 29.0. The molecule has 0 saturated carbocycles. The molecular weight excluding hydrogens is 369 g/mol. The van der Waals surface area contributed by atoms with Gasteiger partial charge in [-0.05, 0) is 6.42 Å². The van der Waals surface area contributed by atoms with Gasteiger partial charge in [-0.1, -0.05) is 129 Å². The van der Waals surface area contributed by atoms with Crippen LogP contribution in [0.25, 0.3) is 0 Å². The van der Waals surface area contributed by atoms with E-state index in [0.29, 0.717) is 6.42 Å². The Labute approximate surface area is 189 Å². The zero-order valence-electron chi connectivity index (χ0n) is 20.2. The zero-order valence-corrected chi connectivity index (χ0v) is 20.5. The number of hydrogen-bond donors (Lipinski definition) is 1. The monoisotopic (exact) mass is 416 g/mol. The van der Waals surface area contributed by atoms with Gasteiger partial charge in [-0.25, -0.2) is 0 Å². The van der Waals surface area contributed by atoms with Gasteiger partial charge >= 0.3 is 23.1 Å². The second kappa shape index (κ2) is 23.0. The largest absolute Gasteiger partial charge is 2.00 e. The minimum absolute atomic E-state index is 0. The summed E-state index contributed by atoms with van der Waals surface area (Å²) >= 11 is 0. The molecule has 0 saturated heterocycles. The topological polar surface area (TPSA) is 54.4 Å². The molecule has 3 nitrogen and oxygen atoms in total. The Morgan fingerprint density at radius 2 is 0.741 bits per heavy atom. The van der Waals surface area contributed by atoms with E-state index in [2.05, 4.69) is 6.92 Å². The zero-order chi connectivity index (χ0) is 19.3. The number of hydrogen-bond acceptors (Lipinski definition) is 2. The molecule has 27 heavy (non-hydrogen) atoms. The van der Waals surface area contributed by atoms with E-state index in [0.717, 1.165) is 12.8 Å². The van der Waals surface area contributed by atoms with Crippen LogP contribution in [0.2, 0.25) is 0 Å². The maximum absolute atomic E-state index is 10.6. The molecule has 0 heterocycles. The van der Waals surface area contributed by atoms with E-state index in [1.807, 2.05) is 0 Å². The minimum Gasteiger partial charge on any atom is -1.00 e. The van der Waals surface area contributed by atoms with Crippen LogP contribution in [0.3, 0.4) is 0 Å². The standard InChI is InChI=1S/C22H46O3S.Mg.2H/c1-2-3-4-5-6-7-8-9-10-11-12-13-14-15-16-17-18-19-20-21-22-26(23,24)25;;;/h2-22H2,1H3,(H,23,24,25);;;/q;+2;2*-1. The molecule has 0 spiro atoms. The molecule has 5 heteroatoms. The summed E-state index contributed by atoms with van der Waals surface area (Å²) in [5.41, 5.74) is 0. The first-order valence-corrected chi connectivity index (χ1v) is 13.1. The van der Waals surface area contributed by atoms with Crippen molar-refractivity contribution in [3.63, 3.8) is 0 Å². The third-order valence-corrected chi connectivity index (χ3v) is 6.06. The summed E-state index contributed by atoms with van der Waals surface area (Å²) in [4.78, 5) is 0. The summed E-state index contributed by atoms with van der Waals surface area (Å²) in [6.45, 7) is 2.28. The van der Waals surface area contributed by atoms with Gasteiger partial charge in [0.05, 0.1) is 5.75 Å². The van der Waals surface area contributed by atoms with Crippen molar-refractivity contribution < 1.29 is 15.8 Å². The first-order chi connectivity index (χ1) is 12.6. The van der Waals surface area contributed by atoms with Gasteiger partial charge in [-0.2, -0.15) is 8.42 Å². The van der Waals surface area contributed by atoms with Crippen molar-refractivity contribution in [2.24, 2.45) is 0 Å². The van der Waals surface area contributed by atoms with Crippen LogP contribution in [0, 0.1) is 0 Å². The second-order valence-corrected chi connectivity index (χ2v) is 9.58. The Bertz CT molecular complexity index is 382. The molecule has 0 aliphatic heterocycles. The molecule has 1 N–H and O–H groups in total. The van der Waals surface area contributed by atoms with Crippen molar-refractivity contribution in [1.82, 2.24) is 0 Å². The molecule has 0 bridgehead atoms. The van der Waals surface area contributed by atoms with Crippen LogP contribution < -0.4 is 0 Å². The fourth-order valence-corrected chi connectivity index (χ4v) is 4.11. The first-order valence-electron chi connectivity index (χ1n) is 11.5. The Morgan fingerprint density at radius 3 is 0.963 bits per heavy atom. The van der Waals surface area contributed by atoms with E-state index in [4.69, 9.17) is 4.55 Å². The van der Waals surface area contributed by atoms with E-state index >= 15 is 0 Å². The van der Waals surface area contributed by atoms with Gasteiger partial charge in [-0.3, -0.25) is 4.55 Å². The summed E-state index contributed by atoms with van der Waals surface area (Å²) in [7, 11) is -3.75. The van der Waals surface area contributed by atoms with E-state index in [-0.39, 0.29) is 31.7 Å². The van der Waals surface area contributed by atoms with Gasteiger partial charge in [0.1, 0.15) is 0 Å². The molecule has 0 fully saturated rings. The summed E-state index contributed by atoms with van der Waals surface area (Å²) in [6, 6.07) is 0. The third-order valence-electron chi connectivity index (χ3n) is 5.26. The maximum Gasteiger partial charge on any atom is 2.00 e. The van der Waals surface area contributed by atoms with Gasteiger partial charge in [0.25, 0.3) is 10.1 Å². The SMILES string of the molecule is CCCCCCCCCCCCCCCCCCCCCCS(=O)(=O)O.[H-].[H-].[Mg+2]. The Kier molecular flexibility index (Phi) is 25.4. The number of rotatable bonds is 21. The van der Waals surface area contributed by atoms with Crippen molar-refractivity contribution in [3.05, 3.63) is 0 Å². The molecule has 0 unspecified atom stereocenters. The fraction of sp³-hybridized carbons (Fsp3) is 1.00. The second-order valence-electron chi connectivity index (χ2n) is 8.00. The molecular formula is C22H48MgO3S. The van der Waals surface area contributed by atoms with Crippen LogP contribution in [0.1, 0.15) is 138 Å².